The second kappa shape index (κ2) is 6.75. The van der Waals surface area contributed by atoms with E-state index in [-0.39, 0.29) is 10.3 Å². The molecule has 0 fully saturated rings. The van der Waals surface area contributed by atoms with Gasteiger partial charge in [0.1, 0.15) is 0 Å². The van der Waals surface area contributed by atoms with Gasteiger partial charge in [0.25, 0.3) is 0 Å². The number of hydrogen-bond acceptors (Lipinski definition) is 2. The smallest absolute Gasteiger partial charge is 0.150 e. The van der Waals surface area contributed by atoms with Gasteiger partial charge in [0.15, 0.2) is 10.3 Å². The molecule has 0 bridgehead atoms. The lowest BCUT2D eigenvalue weighted by atomic mass is 10.2. The summed E-state index contributed by atoms with van der Waals surface area (Å²) in [4.78, 5) is 4.46. The van der Waals surface area contributed by atoms with E-state index in [9.17, 15) is 0 Å². The average molecular weight is 374 g/mol. The molecule has 1 aromatic carbocycles. The maximum atomic E-state index is 6.08. The molecule has 0 atom stereocenters. The highest BCUT2D eigenvalue weighted by Gasteiger charge is 2.15. The molecule has 1 aromatic heterocycles. The van der Waals surface area contributed by atoms with Gasteiger partial charge in [-0.25, -0.2) is 4.98 Å². The average Bonchev–Trinajstić information content (AvgIpc) is 2.38. The molecule has 0 aliphatic carbocycles. The first-order valence-electron chi connectivity index (χ1n) is 5.06. The van der Waals surface area contributed by atoms with Gasteiger partial charge in [-0.15, -0.1) is 11.8 Å². The largest absolute Gasteiger partial charge is 0.221 e. The van der Waals surface area contributed by atoms with Crippen LogP contribution in [0, 0.1) is 0 Å². The third-order valence-electron chi connectivity index (χ3n) is 2.25. The van der Waals surface area contributed by atoms with E-state index in [0.717, 1.165) is 5.56 Å². The minimum Gasteiger partial charge on any atom is -0.221 e. The Bertz CT molecular complexity index is 574. The molecule has 0 radical (unpaired) electrons. The number of rotatable bonds is 3. The molecular formula is C12H6Cl5NS. The Labute approximate surface area is 140 Å². The molecule has 7 heteroatoms. The second-order valence-electron chi connectivity index (χ2n) is 3.57. The van der Waals surface area contributed by atoms with Crippen LogP contribution in [0.1, 0.15) is 5.56 Å². The summed E-state index contributed by atoms with van der Waals surface area (Å²) in [6.45, 7) is 0. The van der Waals surface area contributed by atoms with Gasteiger partial charge in [-0.1, -0.05) is 70.1 Å². The van der Waals surface area contributed by atoms with Crippen molar-refractivity contribution in [2.45, 2.75) is 10.6 Å². The van der Waals surface area contributed by atoms with Crippen molar-refractivity contribution in [3.63, 3.8) is 0 Å². The van der Waals surface area contributed by atoms with Gasteiger partial charge in [-0.3, -0.25) is 0 Å². The van der Waals surface area contributed by atoms with Crippen molar-refractivity contribution in [1.29, 1.82) is 0 Å². The first-order chi connectivity index (χ1) is 8.99. The zero-order valence-electron chi connectivity index (χ0n) is 9.26. The van der Waals surface area contributed by atoms with Crippen LogP contribution in [0.4, 0.5) is 0 Å². The molecule has 1 nitrogen and oxygen atoms in total. The van der Waals surface area contributed by atoms with E-state index in [1.165, 1.54) is 11.8 Å². The van der Waals surface area contributed by atoms with E-state index in [1.54, 1.807) is 0 Å². The summed E-state index contributed by atoms with van der Waals surface area (Å²) in [6.07, 6.45) is 0. The highest BCUT2D eigenvalue weighted by Crippen LogP contribution is 2.41. The van der Waals surface area contributed by atoms with Crippen molar-refractivity contribution in [2.24, 2.45) is 0 Å². The summed E-state index contributed by atoms with van der Waals surface area (Å²) in [5.41, 5.74) is 1.09. The monoisotopic (exact) mass is 371 g/mol. The Balaban J connectivity index is 2.22. The Morgan fingerprint density at radius 1 is 0.842 bits per heavy atom. The van der Waals surface area contributed by atoms with E-state index >= 15 is 0 Å². The van der Waals surface area contributed by atoms with Crippen LogP contribution in [0.25, 0.3) is 0 Å². The SMILES string of the molecule is Clc1ccc(CSc2c(Cl)c(Cl)nc(Cl)c2Cl)cc1. The fraction of sp³-hybridized carbons (Fsp3) is 0.0833. The lowest BCUT2D eigenvalue weighted by Gasteiger charge is -2.09. The summed E-state index contributed by atoms with van der Waals surface area (Å²) in [5.74, 6) is 0.674. The standard InChI is InChI=1S/C12H6Cl5NS/c13-7-3-1-6(2-4-7)5-19-10-8(14)11(16)18-12(17)9(10)15/h1-4H,5H2. The van der Waals surface area contributed by atoms with Crippen LogP contribution >= 0.6 is 69.8 Å². The number of pyridine rings is 1. The van der Waals surface area contributed by atoms with E-state index in [4.69, 9.17) is 58.0 Å². The van der Waals surface area contributed by atoms with Gasteiger partial charge in [-0.05, 0) is 17.7 Å². The predicted octanol–water partition coefficient (Wildman–Crippen LogP) is 6.64. The van der Waals surface area contributed by atoms with Crippen molar-refractivity contribution in [3.8, 4) is 0 Å². The summed E-state index contributed by atoms with van der Waals surface area (Å²) in [7, 11) is 0. The van der Waals surface area contributed by atoms with Crippen molar-refractivity contribution >= 4 is 69.8 Å². The molecule has 0 saturated heterocycles. The van der Waals surface area contributed by atoms with E-state index in [1.807, 2.05) is 24.3 Å². The Morgan fingerprint density at radius 2 is 1.37 bits per heavy atom. The van der Waals surface area contributed by atoms with Crippen LogP contribution in [-0.4, -0.2) is 4.98 Å². The predicted molar refractivity (Wildman–Crippen MR) is 85.3 cm³/mol. The van der Waals surface area contributed by atoms with Crippen molar-refractivity contribution in [1.82, 2.24) is 4.98 Å². The molecule has 0 aliphatic heterocycles. The number of halogens is 5. The maximum absolute atomic E-state index is 6.08. The van der Waals surface area contributed by atoms with Gasteiger partial charge in [0.05, 0.1) is 14.9 Å². The molecule has 1 heterocycles. The Morgan fingerprint density at radius 3 is 1.89 bits per heavy atom. The fourth-order valence-corrected chi connectivity index (χ4v) is 3.57. The number of aromatic nitrogens is 1. The van der Waals surface area contributed by atoms with Gasteiger partial charge < -0.3 is 0 Å². The number of nitrogens with zero attached hydrogens (tertiary/aromatic N) is 1. The first-order valence-corrected chi connectivity index (χ1v) is 7.94. The maximum Gasteiger partial charge on any atom is 0.150 e. The fourth-order valence-electron chi connectivity index (χ4n) is 1.33. The highest BCUT2D eigenvalue weighted by molar-refractivity contribution is 7.98. The molecule has 2 rings (SSSR count). The number of hydrogen-bond donors (Lipinski definition) is 0. The molecule has 0 spiro atoms. The van der Waals surface area contributed by atoms with Crippen LogP contribution in [0.5, 0.6) is 0 Å². The van der Waals surface area contributed by atoms with Crippen LogP contribution < -0.4 is 0 Å². The molecule has 0 N–H and O–H groups in total. The van der Waals surface area contributed by atoms with Crippen LogP contribution in [0.3, 0.4) is 0 Å². The summed E-state index contributed by atoms with van der Waals surface area (Å²) in [6, 6.07) is 7.52. The van der Waals surface area contributed by atoms with Gasteiger partial charge in [0, 0.05) is 10.8 Å². The highest BCUT2D eigenvalue weighted by atomic mass is 35.5. The zero-order valence-corrected chi connectivity index (χ0v) is 13.9. The molecular weight excluding hydrogens is 367 g/mol. The van der Waals surface area contributed by atoms with E-state index in [0.29, 0.717) is 25.7 Å². The van der Waals surface area contributed by atoms with Crippen LogP contribution in [0.15, 0.2) is 29.2 Å². The molecule has 100 valence electrons. The summed E-state index contributed by atoms with van der Waals surface area (Å²) < 4.78 is 0. The summed E-state index contributed by atoms with van der Waals surface area (Å²) in [5, 5.41) is 1.62. The molecule has 2 aromatic rings. The number of thioether (sulfide) groups is 1. The minimum atomic E-state index is 0.148. The first kappa shape index (κ1) is 15.6. The molecule has 0 amide bonds. The third-order valence-corrected chi connectivity index (χ3v) is 5.38. The van der Waals surface area contributed by atoms with Crippen LogP contribution in [0.2, 0.25) is 25.4 Å². The quantitative estimate of drug-likeness (QED) is 0.442. The Hall–Kier alpha value is 0.170. The molecule has 19 heavy (non-hydrogen) atoms. The van der Waals surface area contributed by atoms with Crippen molar-refractivity contribution < 1.29 is 0 Å². The van der Waals surface area contributed by atoms with Gasteiger partial charge >= 0.3 is 0 Å². The summed E-state index contributed by atoms with van der Waals surface area (Å²) >= 11 is 31.2. The molecule has 0 aliphatic rings. The second-order valence-corrected chi connectivity index (χ2v) is 6.46. The topological polar surface area (TPSA) is 12.9 Å². The lowest BCUT2D eigenvalue weighted by molar-refractivity contribution is 1.26. The van der Waals surface area contributed by atoms with E-state index < -0.39 is 0 Å². The normalized spacial score (nSPS) is 10.8. The van der Waals surface area contributed by atoms with Crippen molar-refractivity contribution in [3.05, 3.63) is 55.2 Å². The minimum absolute atomic E-state index is 0.148. The van der Waals surface area contributed by atoms with Crippen molar-refractivity contribution in [2.75, 3.05) is 0 Å². The van der Waals surface area contributed by atoms with Gasteiger partial charge in [-0.2, -0.15) is 0 Å². The Kier molecular flexibility index (Phi) is 5.53. The number of benzene rings is 1. The zero-order chi connectivity index (χ0) is 14.0. The lowest BCUT2D eigenvalue weighted by Crippen LogP contribution is -1.87. The molecule has 0 saturated carbocycles. The van der Waals surface area contributed by atoms with E-state index in [2.05, 4.69) is 4.98 Å². The van der Waals surface area contributed by atoms with Crippen LogP contribution in [-0.2, 0) is 5.75 Å². The van der Waals surface area contributed by atoms with Gasteiger partial charge in [0.2, 0.25) is 0 Å². The molecule has 0 unspecified atom stereocenters. The third kappa shape index (κ3) is 3.84.